The third kappa shape index (κ3) is 2.62. The van der Waals surface area contributed by atoms with Crippen LogP contribution in [0.1, 0.15) is 30.4 Å². The van der Waals surface area contributed by atoms with Crippen molar-refractivity contribution in [2.75, 3.05) is 17.7 Å². The van der Waals surface area contributed by atoms with Crippen LogP contribution in [0.25, 0.3) is 0 Å². The highest BCUT2D eigenvalue weighted by atomic mass is 16.2. The van der Waals surface area contributed by atoms with Crippen LogP contribution in [0.4, 0.5) is 11.4 Å². The highest BCUT2D eigenvalue weighted by molar-refractivity contribution is 6.05. The Morgan fingerprint density at radius 3 is 2.47 bits per heavy atom. The van der Waals surface area contributed by atoms with Crippen LogP contribution in [0.15, 0.2) is 42.6 Å². The number of para-hydroxylation sites is 1. The zero-order chi connectivity index (χ0) is 14.0. The molecular weight excluding hydrogens is 238 g/mol. The maximum atomic E-state index is 12.5. The lowest BCUT2D eigenvalue weighted by Crippen LogP contribution is -2.28. The highest BCUT2D eigenvalue weighted by Gasteiger charge is 2.19. The molecule has 1 amide bonds. The first-order valence-electron chi connectivity index (χ1n) is 6.31. The second-order valence-corrected chi connectivity index (χ2v) is 4.86. The van der Waals surface area contributed by atoms with Crippen LogP contribution in [-0.2, 0) is 0 Å². The number of nitrogen functional groups attached to an aromatic ring is 1. The second kappa shape index (κ2) is 5.18. The summed E-state index contributed by atoms with van der Waals surface area (Å²) in [5.41, 5.74) is 7.89. The molecule has 0 radical (unpaired) electrons. The summed E-state index contributed by atoms with van der Waals surface area (Å²) in [7, 11) is 1.77. The SMILES string of the molecule is CC(C)n1cc(N)cc1C(=O)N(C)c1ccccc1. The average Bonchev–Trinajstić information content (AvgIpc) is 2.80. The summed E-state index contributed by atoms with van der Waals surface area (Å²) in [6.45, 7) is 4.05. The van der Waals surface area contributed by atoms with Gasteiger partial charge in [0, 0.05) is 25.0 Å². The molecule has 0 saturated carbocycles. The summed E-state index contributed by atoms with van der Waals surface area (Å²) in [6.07, 6.45) is 1.80. The van der Waals surface area contributed by atoms with E-state index < -0.39 is 0 Å². The normalized spacial score (nSPS) is 10.7. The number of anilines is 2. The minimum Gasteiger partial charge on any atom is -0.397 e. The summed E-state index contributed by atoms with van der Waals surface area (Å²) < 4.78 is 1.90. The first-order valence-corrected chi connectivity index (χ1v) is 6.31. The molecule has 0 fully saturated rings. The third-order valence-corrected chi connectivity index (χ3v) is 3.09. The van der Waals surface area contributed by atoms with E-state index in [1.807, 2.05) is 48.7 Å². The topological polar surface area (TPSA) is 51.3 Å². The number of benzene rings is 1. The Kier molecular flexibility index (Phi) is 3.60. The Hall–Kier alpha value is -2.23. The Labute approximate surface area is 113 Å². The molecule has 1 heterocycles. The number of carbonyl (C=O) groups excluding carboxylic acids is 1. The van der Waals surface area contributed by atoms with Crippen molar-refractivity contribution in [1.29, 1.82) is 0 Å². The van der Waals surface area contributed by atoms with Gasteiger partial charge < -0.3 is 15.2 Å². The summed E-state index contributed by atoms with van der Waals surface area (Å²) >= 11 is 0. The molecule has 0 saturated heterocycles. The molecule has 0 spiro atoms. The van der Waals surface area contributed by atoms with E-state index in [4.69, 9.17) is 5.73 Å². The minimum absolute atomic E-state index is 0.0587. The van der Waals surface area contributed by atoms with Gasteiger partial charge in [-0.25, -0.2) is 0 Å². The molecule has 0 aliphatic heterocycles. The van der Waals surface area contributed by atoms with Gasteiger partial charge >= 0.3 is 0 Å². The van der Waals surface area contributed by atoms with E-state index in [1.165, 1.54) is 0 Å². The smallest absolute Gasteiger partial charge is 0.274 e. The number of aromatic nitrogens is 1. The third-order valence-electron chi connectivity index (χ3n) is 3.09. The van der Waals surface area contributed by atoms with E-state index in [2.05, 4.69) is 0 Å². The summed E-state index contributed by atoms with van der Waals surface area (Å²) in [6, 6.07) is 11.5. The molecule has 19 heavy (non-hydrogen) atoms. The van der Waals surface area contributed by atoms with Crippen LogP contribution >= 0.6 is 0 Å². The number of nitrogens with zero attached hydrogens (tertiary/aromatic N) is 2. The van der Waals surface area contributed by atoms with E-state index in [0.717, 1.165) is 5.69 Å². The predicted octanol–water partition coefficient (Wildman–Crippen LogP) is 2.93. The van der Waals surface area contributed by atoms with Crippen molar-refractivity contribution in [3.05, 3.63) is 48.3 Å². The van der Waals surface area contributed by atoms with Gasteiger partial charge in [0.05, 0.1) is 5.69 Å². The zero-order valence-corrected chi connectivity index (χ0v) is 11.5. The number of hydrogen-bond acceptors (Lipinski definition) is 2. The summed E-state index contributed by atoms with van der Waals surface area (Å²) in [5, 5.41) is 0. The fourth-order valence-electron chi connectivity index (χ4n) is 2.04. The first-order chi connectivity index (χ1) is 9.00. The first kappa shape index (κ1) is 13.2. The van der Waals surface area contributed by atoms with Gasteiger partial charge in [0.25, 0.3) is 5.91 Å². The van der Waals surface area contributed by atoms with Crippen LogP contribution in [0, 0.1) is 0 Å². The highest BCUT2D eigenvalue weighted by Crippen LogP contribution is 2.20. The lowest BCUT2D eigenvalue weighted by Gasteiger charge is -2.19. The summed E-state index contributed by atoms with van der Waals surface area (Å²) in [4.78, 5) is 14.2. The molecule has 2 N–H and O–H groups in total. The van der Waals surface area contributed by atoms with Crippen molar-refractivity contribution < 1.29 is 4.79 Å². The largest absolute Gasteiger partial charge is 0.397 e. The van der Waals surface area contributed by atoms with Crippen LogP contribution in [0.3, 0.4) is 0 Å². The second-order valence-electron chi connectivity index (χ2n) is 4.86. The Balaban J connectivity index is 2.34. The zero-order valence-electron chi connectivity index (χ0n) is 11.5. The summed E-state index contributed by atoms with van der Waals surface area (Å²) in [5.74, 6) is -0.0587. The number of hydrogen-bond donors (Lipinski definition) is 1. The molecule has 4 heteroatoms. The van der Waals surface area contributed by atoms with Crippen molar-refractivity contribution in [3.63, 3.8) is 0 Å². The fraction of sp³-hybridized carbons (Fsp3) is 0.267. The molecule has 4 nitrogen and oxygen atoms in total. The van der Waals surface area contributed by atoms with Gasteiger partial charge in [0.15, 0.2) is 0 Å². The van der Waals surface area contributed by atoms with Crippen molar-refractivity contribution in [3.8, 4) is 0 Å². The number of rotatable bonds is 3. The number of nitrogens with two attached hydrogens (primary N) is 1. The van der Waals surface area contributed by atoms with Crippen LogP contribution in [-0.4, -0.2) is 17.5 Å². The van der Waals surface area contributed by atoms with Crippen molar-refractivity contribution in [2.24, 2.45) is 0 Å². The van der Waals surface area contributed by atoms with E-state index in [9.17, 15) is 4.79 Å². The van der Waals surface area contributed by atoms with Crippen molar-refractivity contribution in [2.45, 2.75) is 19.9 Å². The van der Waals surface area contributed by atoms with Gasteiger partial charge in [-0.3, -0.25) is 4.79 Å². The van der Waals surface area contributed by atoms with Gasteiger partial charge in [-0.1, -0.05) is 18.2 Å². The van der Waals surface area contributed by atoms with Crippen LogP contribution in [0.5, 0.6) is 0 Å². The average molecular weight is 257 g/mol. The van der Waals surface area contributed by atoms with E-state index >= 15 is 0 Å². The predicted molar refractivity (Wildman–Crippen MR) is 78.4 cm³/mol. The molecule has 2 rings (SSSR count). The Bertz CT molecular complexity index is 572. The Morgan fingerprint density at radius 1 is 1.26 bits per heavy atom. The van der Waals surface area contributed by atoms with Crippen molar-refractivity contribution >= 4 is 17.3 Å². The van der Waals surface area contributed by atoms with Gasteiger partial charge in [0.2, 0.25) is 0 Å². The van der Waals surface area contributed by atoms with Gasteiger partial charge in [-0.2, -0.15) is 0 Å². The lowest BCUT2D eigenvalue weighted by molar-refractivity contribution is 0.0982. The number of amides is 1. The van der Waals surface area contributed by atoms with Crippen LogP contribution < -0.4 is 10.6 Å². The van der Waals surface area contributed by atoms with Gasteiger partial charge in [0.1, 0.15) is 5.69 Å². The molecule has 0 atom stereocenters. The quantitative estimate of drug-likeness (QED) is 0.919. The van der Waals surface area contributed by atoms with E-state index in [1.54, 1.807) is 24.2 Å². The van der Waals surface area contributed by atoms with E-state index in [-0.39, 0.29) is 11.9 Å². The molecule has 2 aromatic rings. The van der Waals surface area contributed by atoms with Crippen molar-refractivity contribution in [1.82, 2.24) is 4.57 Å². The Morgan fingerprint density at radius 2 is 1.89 bits per heavy atom. The molecule has 100 valence electrons. The molecule has 0 unspecified atom stereocenters. The minimum atomic E-state index is -0.0587. The fourth-order valence-corrected chi connectivity index (χ4v) is 2.04. The molecule has 1 aromatic heterocycles. The molecule has 0 bridgehead atoms. The van der Waals surface area contributed by atoms with Gasteiger partial charge in [-0.15, -0.1) is 0 Å². The molecular formula is C15H19N3O. The lowest BCUT2D eigenvalue weighted by atomic mass is 10.2. The maximum Gasteiger partial charge on any atom is 0.274 e. The van der Waals surface area contributed by atoms with E-state index in [0.29, 0.717) is 11.4 Å². The molecule has 0 aliphatic rings. The van der Waals surface area contributed by atoms with Gasteiger partial charge in [-0.05, 0) is 32.0 Å². The van der Waals surface area contributed by atoms with Crippen LogP contribution in [0.2, 0.25) is 0 Å². The monoisotopic (exact) mass is 257 g/mol. The molecule has 1 aromatic carbocycles. The maximum absolute atomic E-state index is 12.5. The number of carbonyl (C=O) groups is 1. The molecule has 0 aliphatic carbocycles. The standard InChI is InChI=1S/C15H19N3O/c1-11(2)18-10-12(16)9-14(18)15(19)17(3)13-7-5-4-6-8-13/h4-11H,16H2,1-3H3.